The van der Waals surface area contributed by atoms with Crippen molar-refractivity contribution in [2.75, 3.05) is 0 Å². The average Bonchev–Trinajstić information content (AvgIpc) is 2.39. The zero-order chi connectivity index (χ0) is 13.4. The number of benzene rings is 2. The summed E-state index contributed by atoms with van der Waals surface area (Å²) in [5.41, 5.74) is 4.10. The van der Waals surface area contributed by atoms with Gasteiger partial charge in [0, 0.05) is 0 Å². The highest BCUT2D eigenvalue weighted by molar-refractivity contribution is 5.87. The standard InChI is InChI=1S/C13H14.2C2H6/c1-9-4-7-13-11(3)10(2)5-6-12(13)8-9;2*1-2/h4-8H,1-3H3;2*1-2H3. The Bertz CT molecular complexity index is 453. The minimum absolute atomic E-state index is 1.33. The van der Waals surface area contributed by atoms with E-state index in [1.165, 1.54) is 27.5 Å². The van der Waals surface area contributed by atoms with Crippen molar-refractivity contribution < 1.29 is 0 Å². The molecule has 0 radical (unpaired) electrons. The minimum Gasteiger partial charge on any atom is -0.0683 e. The van der Waals surface area contributed by atoms with Gasteiger partial charge in [0.25, 0.3) is 0 Å². The molecule has 0 saturated heterocycles. The summed E-state index contributed by atoms with van der Waals surface area (Å²) in [5.74, 6) is 0. The summed E-state index contributed by atoms with van der Waals surface area (Å²) >= 11 is 0. The third kappa shape index (κ3) is 3.89. The van der Waals surface area contributed by atoms with Gasteiger partial charge >= 0.3 is 0 Å². The first-order valence-corrected chi connectivity index (χ1v) is 6.65. The van der Waals surface area contributed by atoms with Crippen molar-refractivity contribution in [3.63, 3.8) is 0 Å². The molecule has 0 atom stereocenters. The van der Waals surface area contributed by atoms with Gasteiger partial charge in [-0.3, -0.25) is 0 Å². The lowest BCUT2D eigenvalue weighted by Crippen LogP contribution is -1.83. The lowest BCUT2D eigenvalue weighted by atomic mass is 10.00. The Morgan fingerprint density at radius 2 is 1.29 bits per heavy atom. The maximum Gasteiger partial charge on any atom is -0.0152 e. The molecule has 94 valence electrons. The SMILES string of the molecule is CC.CC.Cc1ccc2c(C)c(C)ccc2c1. The zero-order valence-corrected chi connectivity index (χ0v) is 12.4. The van der Waals surface area contributed by atoms with Crippen LogP contribution in [0, 0.1) is 20.8 Å². The van der Waals surface area contributed by atoms with E-state index in [2.05, 4.69) is 51.1 Å². The number of hydrogen-bond acceptors (Lipinski definition) is 0. The van der Waals surface area contributed by atoms with Crippen LogP contribution in [0.3, 0.4) is 0 Å². The van der Waals surface area contributed by atoms with Crippen LogP contribution in [0.15, 0.2) is 30.3 Å². The molecule has 0 spiro atoms. The molecule has 17 heavy (non-hydrogen) atoms. The van der Waals surface area contributed by atoms with E-state index in [4.69, 9.17) is 0 Å². The van der Waals surface area contributed by atoms with Gasteiger partial charge in [0.2, 0.25) is 0 Å². The van der Waals surface area contributed by atoms with Crippen molar-refractivity contribution in [1.82, 2.24) is 0 Å². The van der Waals surface area contributed by atoms with Crippen LogP contribution in [-0.2, 0) is 0 Å². The number of rotatable bonds is 0. The number of hydrogen-bond donors (Lipinski definition) is 0. The molecule has 2 rings (SSSR count). The molecule has 0 amide bonds. The second-order valence-corrected chi connectivity index (χ2v) is 3.73. The second-order valence-electron chi connectivity index (χ2n) is 3.73. The summed E-state index contributed by atoms with van der Waals surface area (Å²) in [6.07, 6.45) is 0. The van der Waals surface area contributed by atoms with Gasteiger partial charge in [0.1, 0.15) is 0 Å². The Hall–Kier alpha value is -1.30. The molecule has 0 heteroatoms. The summed E-state index contributed by atoms with van der Waals surface area (Å²) in [4.78, 5) is 0. The van der Waals surface area contributed by atoms with Crippen molar-refractivity contribution in [1.29, 1.82) is 0 Å². The molecule has 0 saturated carbocycles. The Kier molecular flexibility index (Phi) is 7.29. The molecule has 2 aromatic rings. The van der Waals surface area contributed by atoms with Crippen molar-refractivity contribution >= 4 is 10.8 Å². The third-order valence-corrected chi connectivity index (χ3v) is 2.72. The van der Waals surface area contributed by atoms with E-state index in [0.717, 1.165) is 0 Å². The van der Waals surface area contributed by atoms with Gasteiger partial charge in [-0.2, -0.15) is 0 Å². The van der Waals surface area contributed by atoms with Gasteiger partial charge in [-0.1, -0.05) is 63.6 Å². The summed E-state index contributed by atoms with van der Waals surface area (Å²) < 4.78 is 0. The van der Waals surface area contributed by atoms with E-state index in [9.17, 15) is 0 Å². The van der Waals surface area contributed by atoms with Crippen LogP contribution in [-0.4, -0.2) is 0 Å². The molecule has 0 aliphatic rings. The Balaban J connectivity index is 0.000000581. The molecule has 2 aromatic carbocycles. The van der Waals surface area contributed by atoms with Gasteiger partial charge in [-0.05, 0) is 42.7 Å². The third-order valence-electron chi connectivity index (χ3n) is 2.72. The minimum atomic E-state index is 1.33. The van der Waals surface area contributed by atoms with Crippen LogP contribution < -0.4 is 0 Å². The molecule has 0 aliphatic heterocycles. The van der Waals surface area contributed by atoms with Crippen LogP contribution in [0.25, 0.3) is 10.8 Å². The fourth-order valence-corrected chi connectivity index (χ4v) is 1.71. The Labute approximate surface area is 107 Å². The van der Waals surface area contributed by atoms with E-state index in [1.807, 2.05) is 27.7 Å². The summed E-state index contributed by atoms with van der Waals surface area (Å²) in [6.45, 7) is 14.5. The van der Waals surface area contributed by atoms with Gasteiger partial charge in [-0.15, -0.1) is 0 Å². The smallest absolute Gasteiger partial charge is 0.0152 e. The number of aryl methyl sites for hydroxylation is 3. The van der Waals surface area contributed by atoms with Gasteiger partial charge < -0.3 is 0 Å². The van der Waals surface area contributed by atoms with Crippen molar-refractivity contribution in [2.24, 2.45) is 0 Å². The highest BCUT2D eigenvalue weighted by Crippen LogP contribution is 2.22. The van der Waals surface area contributed by atoms with Crippen molar-refractivity contribution in [3.8, 4) is 0 Å². The first-order chi connectivity index (χ1) is 8.18. The molecule has 0 aromatic heterocycles. The first-order valence-electron chi connectivity index (χ1n) is 6.65. The maximum atomic E-state index is 2.24. The molecule has 0 N–H and O–H groups in total. The van der Waals surface area contributed by atoms with E-state index in [0.29, 0.717) is 0 Å². The van der Waals surface area contributed by atoms with Crippen LogP contribution in [0.4, 0.5) is 0 Å². The summed E-state index contributed by atoms with van der Waals surface area (Å²) in [7, 11) is 0. The topological polar surface area (TPSA) is 0 Å². The van der Waals surface area contributed by atoms with E-state index in [1.54, 1.807) is 0 Å². The molecule has 0 fully saturated rings. The van der Waals surface area contributed by atoms with Crippen LogP contribution >= 0.6 is 0 Å². The first kappa shape index (κ1) is 15.7. The van der Waals surface area contributed by atoms with Crippen molar-refractivity contribution in [3.05, 3.63) is 47.0 Å². The lowest BCUT2D eigenvalue weighted by Gasteiger charge is -2.05. The largest absolute Gasteiger partial charge is 0.0683 e. The molecular weight excluding hydrogens is 204 g/mol. The highest BCUT2D eigenvalue weighted by Gasteiger charge is 1.99. The predicted molar refractivity (Wildman–Crippen MR) is 80.9 cm³/mol. The lowest BCUT2D eigenvalue weighted by molar-refractivity contribution is 1.37. The van der Waals surface area contributed by atoms with Gasteiger partial charge in [-0.25, -0.2) is 0 Å². The molecule has 0 unspecified atom stereocenters. The Morgan fingerprint density at radius 3 is 1.88 bits per heavy atom. The zero-order valence-electron chi connectivity index (χ0n) is 12.4. The second kappa shape index (κ2) is 7.89. The number of fused-ring (bicyclic) bond motifs is 1. The molecule has 0 aliphatic carbocycles. The van der Waals surface area contributed by atoms with Gasteiger partial charge in [0.15, 0.2) is 0 Å². The van der Waals surface area contributed by atoms with Crippen LogP contribution in [0.5, 0.6) is 0 Å². The quantitative estimate of drug-likeness (QED) is 0.535. The molecule has 0 heterocycles. The fourth-order valence-electron chi connectivity index (χ4n) is 1.71. The molecular formula is C17H26. The van der Waals surface area contributed by atoms with Crippen molar-refractivity contribution in [2.45, 2.75) is 48.5 Å². The Morgan fingerprint density at radius 1 is 0.706 bits per heavy atom. The van der Waals surface area contributed by atoms with E-state index >= 15 is 0 Å². The molecule has 0 nitrogen and oxygen atoms in total. The molecule has 0 bridgehead atoms. The van der Waals surface area contributed by atoms with Gasteiger partial charge in [0.05, 0.1) is 0 Å². The van der Waals surface area contributed by atoms with E-state index < -0.39 is 0 Å². The van der Waals surface area contributed by atoms with E-state index in [-0.39, 0.29) is 0 Å². The normalized spacial score (nSPS) is 8.88. The average molecular weight is 230 g/mol. The summed E-state index contributed by atoms with van der Waals surface area (Å²) in [5, 5.41) is 2.73. The highest BCUT2D eigenvalue weighted by atomic mass is 14.0. The fraction of sp³-hybridized carbons (Fsp3) is 0.412. The maximum absolute atomic E-state index is 2.24. The van der Waals surface area contributed by atoms with Crippen LogP contribution in [0.1, 0.15) is 44.4 Å². The monoisotopic (exact) mass is 230 g/mol. The van der Waals surface area contributed by atoms with Crippen LogP contribution in [0.2, 0.25) is 0 Å². The summed E-state index contributed by atoms with van der Waals surface area (Å²) in [6, 6.07) is 11.0. The predicted octanol–water partition coefficient (Wildman–Crippen LogP) is 5.82.